The highest BCUT2D eigenvalue weighted by atomic mass is 16.1. The van der Waals surface area contributed by atoms with Crippen LogP contribution < -0.4 is 11.1 Å². The number of hydrogen-bond acceptors (Lipinski definition) is 3. The molecule has 2 atom stereocenters. The molecule has 0 bridgehead atoms. The van der Waals surface area contributed by atoms with Crippen molar-refractivity contribution in [3.63, 3.8) is 0 Å². The van der Waals surface area contributed by atoms with Gasteiger partial charge in [-0.25, -0.2) is 0 Å². The Bertz CT molecular complexity index is 270. The number of likely N-dealkylation sites (tertiary alicyclic amines) is 1. The summed E-state index contributed by atoms with van der Waals surface area (Å²) in [6.07, 6.45) is 5.80. The van der Waals surface area contributed by atoms with Crippen molar-refractivity contribution in [2.45, 2.75) is 51.5 Å². The van der Waals surface area contributed by atoms with Gasteiger partial charge in [-0.1, -0.05) is 6.92 Å². The molecule has 1 rings (SSSR count). The quantitative estimate of drug-likeness (QED) is 0.753. The lowest BCUT2D eigenvalue weighted by Gasteiger charge is -2.27. The summed E-state index contributed by atoms with van der Waals surface area (Å²) in [7, 11) is 1.80. The number of hydrogen-bond donors (Lipinski definition) is 2. The van der Waals surface area contributed by atoms with Gasteiger partial charge in [0.2, 0.25) is 5.91 Å². The summed E-state index contributed by atoms with van der Waals surface area (Å²) >= 11 is 0. The first-order valence-electron chi connectivity index (χ1n) is 7.19. The fourth-order valence-electron chi connectivity index (χ4n) is 2.57. The number of rotatable bonds is 6. The SMILES string of the molecule is CNC(C)(CCCN1CCCC(C)CC1)C(N)=O. The van der Waals surface area contributed by atoms with Crippen LogP contribution in [0.25, 0.3) is 0 Å². The lowest BCUT2D eigenvalue weighted by atomic mass is 9.95. The third kappa shape index (κ3) is 4.58. The maximum atomic E-state index is 11.4. The van der Waals surface area contributed by atoms with Crippen molar-refractivity contribution in [2.75, 3.05) is 26.7 Å². The molecule has 106 valence electrons. The minimum atomic E-state index is -0.556. The van der Waals surface area contributed by atoms with Gasteiger partial charge in [-0.15, -0.1) is 0 Å². The van der Waals surface area contributed by atoms with E-state index in [1.165, 1.54) is 32.4 Å². The number of carbonyl (C=O) groups is 1. The molecule has 0 aliphatic carbocycles. The van der Waals surface area contributed by atoms with Crippen LogP contribution in [-0.2, 0) is 4.79 Å². The van der Waals surface area contributed by atoms with Crippen molar-refractivity contribution in [2.24, 2.45) is 11.7 Å². The Labute approximate surface area is 111 Å². The Morgan fingerprint density at radius 3 is 2.78 bits per heavy atom. The van der Waals surface area contributed by atoms with Crippen LogP contribution in [0.4, 0.5) is 0 Å². The monoisotopic (exact) mass is 255 g/mol. The average Bonchev–Trinajstić information content (AvgIpc) is 2.54. The average molecular weight is 255 g/mol. The molecule has 0 spiro atoms. The van der Waals surface area contributed by atoms with Gasteiger partial charge in [0.15, 0.2) is 0 Å². The van der Waals surface area contributed by atoms with Gasteiger partial charge in [-0.3, -0.25) is 4.79 Å². The minimum Gasteiger partial charge on any atom is -0.368 e. The molecule has 0 radical (unpaired) electrons. The van der Waals surface area contributed by atoms with Gasteiger partial charge < -0.3 is 16.0 Å². The van der Waals surface area contributed by atoms with Crippen LogP contribution in [0.2, 0.25) is 0 Å². The Morgan fingerprint density at radius 2 is 2.17 bits per heavy atom. The summed E-state index contributed by atoms with van der Waals surface area (Å²) < 4.78 is 0. The highest BCUT2D eigenvalue weighted by Gasteiger charge is 2.28. The van der Waals surface area contributed by atoms with Gasteiger partial charge in [0, 0.05) is 0 Å². The lowest BCUT2D eigenvalue weighted by Crippen LogP contribution is -2.51. The number of nitrogens with zero attached hydrogens (tertiary/aromatic N) is 1. The van der Waals surface area contributed by atoms with Crippen LogP contribution in [0.3, 0.4) is 0 Å². The van der Waals surface area contributed by atoms with Crippen molar-refractivity contribution < 1.29 is 4.79 Å². The molecule has 1 fully saturated rings. The number of likely N-dealkylation sites (N-methyl/N-ethyl adjacent to an activating group) is 1. The highest BCUT2D eigenvalue weighted by Crippen LogP contribution is 2.18. The molecular formula is C14H29N3O. The summed E-state index contributed by atoms with van der Waals surface area (Å²) in [6.45, 7) is 7.72. The Morgan fingerprint density at radius 1 is 1.44 bits per heavy atom. The Kier molecular flexibility index (Phi) is 6.09. The van der Waals surface area contributed by atoms with E-state index >= 15 is 0 Å². The van der Waals surface area contributed by atoms with Gasteiger partial charge in [-0.2, -0.15) is 0 Å². The van der Waals surface area contributed by atoms with Crippen molar-refractivity contribution in [1.82, 2.24) is 10.2 Å². The molecule has 2 unspecified atom stereocenters. The van der Waals surface area contributed by atoms with Crippen LogP contribution in [0.5, 0.6) is 0 Å². The summed E-state index contributed by atoms with van der Waals surface area (Å²) in [5, 5.41) is 3.04. The molecular weight excluding hydrogens is 226 g/mol. The van der Waals surface area contributed by atoms with E-state index in [1.807, 2.05) is 6.92 Å². The van der Waals surface area contributed by atoms with Crippen molar-refractivity contribution in [3.8, 4) is 0 Å². The zero-order valence-electron chi connectivity index (χ0n) is 12.2. The molecule has 4 nitrogen and oxygen atoms in total. The molecule has 0 saturated carbocycles. The van der Waals surface area contributed by atoms with Crippen LogP contribution in [0.15, 0.2) is 0 Å². The first-order chi connectivity index (χ1) is 8.48. The number of amides is 1. The third-order valence-corrected chi connectivity index (χ3v) is 4.36. The topological polar surface area (TPSA) is 58.4 Å². The summed E-state index contributed by atoms with van der Waals surface area (Å²) in [5.74, 6) is 0.609. The van der Waals surface area contributed by atoms with E-state index in [0.717, 1.165) is 25.3 Å². The standard InChI is InChI=1S/C14H29N3O/c1-12-6-4-9-17(11-7-12)10-5-8-14(2,16-3)13(15)18/h12,16H,4-11H2,1-3H3,(H2,15,18). The largest absolute Gasteiger partial charge is 0.368 e. The van der Waals surface area contributed by atoms with Gasteiger partial charge in [0.05, 0.1) is 5.54 Å². The normalized spacial score (nSPS) is 25.4. The molecule has 4 heteroatoms. The molecule has 0 aromatic heterocycles. The van der Waals surface area contributed by atoms with Gasteiger partial charge in [-0.05, 0) is 71.6 Å². The van der Waals surface area contributed by atoms with E-state index in [2.05, 4.69) is 17.1 Å². The van der Waals surface area contributed by atoms with E-state index in [9.17, 15) is 4.79 Å². The number of carbonyl (C=O) groups excluding carboxylic acids is 1. The fraction of sp³-hybridized carbons (Fsp3) is 0.929. The Hall–Kier alpha value is -0.610. The second kappa shape index (κ2) is 7.10. The molecule has 18 heavy (non-hydrogen) atoms. The summed E-state index contributed by atoms with van der Waals surface area (Å²) in [6, 6.07) is 0. The third-order valence-electron chi connectivity index (χ3n) is 4.36. The molecule has 1 amide bonds. The van der Waals surface area contributed by atoms with Crippen molar-refractivity contribution >= 4 is 5.91 Å². The predicted molar refractivity (Wildman–Crippen MR) is 75.3 cm³/mol. The summed E-state index contributed by atoms with van der Waals surface area (Å²) in [5.41, 5.74) is 4.87. The second-order valence-electron chi connectivity index (χ2n) is 5.93. The van der Waals surface area contributed by atoms with Gasteiger partial charge >= 0.3 is 0 Å². The van der Waals surface area contributed by atoms with E-state index < -0.39 is 5.54 Å². The van der Waals surface area contributed by atoms with Crippen molar-refractivity contribution in [1.29, 1.82) is 0 Å². The molecule has 1 saturated heterocycles. The highest BCUT2D eigenvalue weighted by molar-refractivity contribution is 5.84. The van der Waals surface area contributed by atoms with Gasteiger partial charge in [0.1, 0.15) is 0 Å². The van der Waals surface area contributed by atoms with Crippen LogP contribution >= 0.6 is 0 Å². The molecule has 0 aromatic carbocycles. The summed E-state index contributed by atoms with van der Waals surface area (Å²) in [4.78, 5) is 13.9. The van der Waals surface area contributed by atoms with Crippen LogP contribution in [0, 0.1) is 5.92 Å². The Balaban J connectivity index is 2.30. The lowest BCUT2D eigenvalue weighted by molar-refractivity contribution is -0.123. The number of nitrogens with two attached hydrogens (primary N) is 1. The number of primary amides is 1. The second-order valence-corrected chi connectivity index (χ2v) is 5.93. The van der Waals surface area contributed by atoms with E-state index in [4.69, 9.17) is 5.73 Å². The smallest absolute Gasteiger partial charge is 0.237 e. The van der Waals surface area contributed by atoms with Crippen LogP contribution in [0.1, 0.15) is 46.0 Å². The molecule has 1 aliphatic rings. The van der Waals surface area contributed by atoms with E-state index in [-0.39, 0.29) is 5.91 Å². The zero-order chi connectivity index (χ0) is 13.6. The maximum absolute atomic E-state index is 11.4. The molecule has 0 aromatic rings. The predicted octanol–water partition coefficient (Wildman–Crippen LogP) is 1.35. The van der Waals surface area contributed by atoms with Crippen molar-refractivity contribution in [3.05, 3.63) is 0 Å². The zero-order valence-corrected chi connectivity index (χ0v) is 12.2. The molecule has 1 aliphatic heterocycles. The first kappa shape index (κ1) is 15.4. The van der Waals surface area contributed by atoms with Gasteiger partial charge in [0.25, 0.3) is 0 Å². The molecule has 1 heterocycles. The van der Waals surface area contributed by atoms with Crippen LogP contribution in [-0.4, -0.2) is 43.0 Å². The van der Waals surface area contributed by atoms with E-state index in [0.29, 0.717) is 0 Å². The minimum absolute atomic E-state index is 0.255. The maximum Gasteiger partial charge on any atom is 0.237 e. The van der Waals surface area contributed by atoms with E-state index in [1.54, 1.807) is 7.05 Å². The first-order valence-corrected chi connectivity index (χ1v) is 7.19. The fourth-order valence-corrected chi connectivity index (χ4v) is 2.57. The molecule has 3 N–H and O–H groups in total. The number of nitrogens with one attached hydrogen (secondary N) is 1.